The van der Waals surface area contributed by atoms with Crippen LogP contribution in [-0.2, 0) is 20.6 Å². The number of fused-ring (bicyclic) bond motifs is 1. The Balaban J connectivity index is 0.000000317. The lowest BCUT2D eigenvalue weighted by molar-refractivity contribution is 0.0696. The van der Waals surface area contributed by atoms with Crippen LogP contribution in [0.1, 0.15) is 10.4 Å². The molecule has 12 heteroatoms. The maximum absolute atomic E-state index is 12.6. The number of anilines is 1. The van der Waals surface area contributed by atoms with Gasteiger partial charge in [0.05, 0.1) is 24.7 Å². The van der Waals surface area contributed by atoms with Crippen LogP contribution in [0.2, 0.25) is 0 Å². The van der Waals surface area contributed by atoms with Crippen LogP contribution >= 0.6 is 0 Å². The summed E-state index contributed by atoms with van der Waals surface area (Å²) in [5.41, 5.74) is 1.63. The van der Waals surface area contributed by atoms with Gasteiger partial charge in [0, 0.05) is 65.8 Å². The summed E-state index contributed by atoms with van der Waals surface area (Å²) in [6.45, 7) is 5.17. The molecule has 0 radical (unpaired) electrons. The lowest BCUT2D eigenvalue weighted by atomic mass is 10.2. The second-order valence-electron chi connectivity index (χ2n) is 8.86. The molecular weight excluding hydrogens is 490 g/mol. The van der Waals surface area contributed by atoms with E-state index >= 15 is 0 Å². The highest BCUT2D eigenvalue weighted by molar-refractivity contribution is 5.87. The van der Waals surface area contributed by atoms with Gasteiger partial charge in [-0.3, -0.25) is 23.8 Å². The van der Waals surface area contributed by atoms with Crippen molar-refractivity contribution in [3.05, 3.63) is 81.5 Å². The first kappa shape index (κ1) is 26.6. The van der Waals surface area contributed by atoms with E-state index in [4.69, 9.17) is 9.84 Å². The highest BCUT2D eigenvalue weighted by Crippen LogP contribution is 2.28. The van der Waals surface area contributed by atoms with Gasteiger partial charge < -0.3 is 19.3 Å². The third-order valence-corrected chi connectivity index (χ3v) is 6.60. The van der Waals surface area contributed by atoms with Crippen molar-refractivity contribution in [2.75, 3.05) is 44.7 Å². The van der Waals surface area contributed by atoms with Crippen molar-refractivity contribution in [3.8, 4) is 5.75 Å². The minimum atomic E-state index is -0.919. The van der Waals surface area contributed by atoms with Gasteiger partial charge >= 0.3 is 11.7 Å². The number of ether oxygens (including phenoxy) is 1. The Bertz CT molecular complexity index is 1520. The molecule has 0 spiro atoms. The number of piperazine rings is 1. The molecule has 1 saturated heterocycles. The standard InChI is InChI=1S/C20H26N6O3.C6H5NO2/c1-22-18-17(19(27)23(2)20(22)28)26(14-21-18)13-10-24-8-11-25(12-9-24)15-6-4-5-7-16(15)29-3;8-6(9)5-1-3-7-4-2-5/h4-7,14H,8-13H2,1-3H3;1-4H,(H,8,9). The van der Waals surface area contributed by atoms with Crippen LogP contribution in [-0.4, -0.2) is 79.5 Å². The minimum Gasteiger partial charge on any atom is -0.495 e. The van der Waals surface area contributed by atoms with Crippen LogP contribution in [0.3, 0.4) is 0 Å². The summed E-state index contributed by atoms with van der Waals surface area (Å²) in [6, 6.07) is 11.0. The Morgan fingerprint density at radius 2 is 1.66 bits per heavy atom. The van der Waals surface area contributed by atoms with Crippen LogP contribution in [0.4, 0.5) is 5.69 Å². The van der Waals surface area contributed by atoms with E-state index in [0.717, 1.165) is 48.7 Å². The summed E-state index contributed by atoms with van der Waals surface area (Å²) in [4.78, 5) is 47.5. The van der Waals surface area contributed by atoms with Crippen LogP contribution in [0, 0.1) is 0 Å². The molecule has 1 fully saturated rings. The molecule has 3 aromatic heterocycles. The third kappa shape index (κ3) is 5.59. The largest absolute Gasteiger partial charge is 0.495 e. The monoisotopic (exact) mass is 521 g/mol. The first-order valence-electron chi connectivity index (χ1n) is 12.2. The Labute approximate surface area is 219 Å². The number of benzene rings is 1. The number of aryl methyl sites for hydroxylation is 1. The van der Waals surface area contributed by atoms with Crippen molar-refractivity contribution < 1.29 is 14.6 Å². The lowest BCUT2D eigenvalue weighted by Crippen LogP contribution is -2.47. The number of carboxylic acid groups (broad SMARTS) is 1. The van der Waals surface area contributed by atoms with Gasteiger partial charge in [-0.2, -0.15) is 0 Å². The van der Waals surface area contributed by atoms with E-state index in [1.165, 1.54) is 36.1 Å². The highest BCUT2D eigenvalue weighted by atomic mass is 16.5. The number of pyridine rings is 1. The fourth-order valence-electron chi connectivity index (χ4n) is 4.41. The van der Waals surface area contributed by atoms with Gasteiger partial charge in [-0.05, 0) is 24.3 Å². The lowest BCUT2D eigenvalue weighted by Gasteiger charge is -2.36. The highest BCUT2D eigenvalue weighted by Gasteiger charge is 2.20. The van der Waals surface area contributed by atoms with Gasteiger partial charge in [-0.25, -0.2) is 14.6 Å². The summed E-state index contributed by atoms with van der Waals surface area (Å²) in [5.74, 6) is -0.0234. The summed E-state index contributed by atoms with van der Waals surface area (Å²) in [6.07, 6.45) is 4.55. The molecule has 1 aliphatic heterocycles. The number of aromatic carboxylic acids is 1. The predicted octanol–water partition coefficient (Wildman–Crippen LogP) is 1.04. The number of imidazole rings is 1. The molecule has 0 bridgehead atoms. The second kappa shape index (κ2) is 11.7. The zero-order valence-corrected chi connectivity index (χ0v) is 21.6. The van der Waals surface area contributed by atoms with Crippen molar-refractivity contribution in [3.63, 3.8) is 0 Å². The van der Waals surface area contributed by atoms with Crippen LogP contribution < -0.4 is 20.9 Å². The Morgan fingerprint density at radius 1 is 0.974 bits per heavy atom. The van der Waals surface area contributed by atoms with E-state index in [1.807, 2.05) is 22.8 Å². The fraction of sp³-hybridized carbons (Fsp3) is 0.346. The van der Waals surface area contributed by atoms with Gasteiger partial charge in [-0.1, -0.05) is 12.1 Å². The van der Waals surface area contributed by atoms with Crippen LogP contribution in [0.5, 0.6) is 5.75 Å². The van der Waals surface area contributed by atoms with E-state index in [0.29, 0.717) is 17.7 Å². The van der Waals surface area contributed by atoms with Crippen molar-refractivity contribution in [2.24, 2.45) is 14.1 Å². The van der Waals surface area contributed by atoms with Crippen LogP contribution in [0.25, 0.3) is 11.2 Å². The molecule has 0 atom stereocenters. The maximum Gasteiger partial charge on any atom is 0.335 e. The van der Waals surface area contributed by atoms with Crippen molar-refractivity contribution >= 4 is 22.8 Å². The number of carboxylic acids is 1. The Hall–Kier alpha value is -4.45. The zero-order valence-electron chi connectivity index (χ0n) is 21.6. The van der Waals surface area contributed by atoms with Gasteiger partial charge in [0.15, 0.2) is 11.2 Å². The number of carbonyl (C=O) groups is 1. The smallest absolute Gasteiger partial charge is 0.335 e. The molecule has 12 nitrogen and oxygen atoms in total. The molecule has 1 N–H and O–H groups in total. The molecule has 0 aliphatic carbocycles. The van der Waals surface area contributed by atoms with Gasteiger partial charge in [0.25, 0.3) is 5.56 Å². The molecule has 0 amide bonds. The van der Waals surface area contributed by atoms with E-state index in [2.05, 4.69) is 25.8 Å². The molecule has 5 rings (SSSR count). The third-order valence-electron chi connectivity index (χ3n) is 6.60. The molecule has 38 heavy (non-hydrogen) atoms. The number of hydrogen-bond acceptors (Lipinski definition) is 8. The molecule has 0 unspecified atom stereocenters. The van der Waals surface area contributed by atoms with E-state index in [-0.39, 0.29) is 16.8 Å². The zero-order chi connectivity index (χ0) is 27.2. The average Bonchev–Trinajstić information content (AvgIpc) is 3.39. The average molecular weight is 522 g/mol. The molecule has 1 aliphatic rings. The number of rotatable bonds is 6. The molecule has 1 aromatic carbocycles. The van der Waals surface area contributed by atoms with E-state index in [1.54, 1.807) is 20.5 Å². The Kier molecular flexibility index (Phi) is 8.22. The number of hydrogen-bond donors (Lipinski definition) is 1. The number of aromatic nitrogens is 5. The van der Waals surface area contributed by atoms with E-state index < -0.39 is 5.97 Å². The van der Waals surface area contributed by atoms with Crippen molar-refractivity contribution in [1.82, 2.24) is 28.6 Å². The summed E-state index contributed by atoms with van der Waals surface area (Å²) >= 11 is 0. The molecule has 4 aromatic rings. The summed E-state index contributed by atoms with van der Waals surface area (Å²) < 4.78 is 9.88. The first-order valence-corrected chi connectivity index (χ1v) is 12.2. The summed E-state index contributed by atoms with van der Waals surface area (Å²) in [5, 5.41) is 8.36. The molecule has 4 heterocycles. The maximum atomic E-state index is 12.6. The molecule has 0 saturated carbocycles. The quantitative estimate of drug-likeness (QED) is 0.396. The normalized spacial score (nSPS) is 13.7. The van der Waals surface area contributed by atoms with Crippen LogP contribution in [0.15, 0.2) is 64.7 Å². The van der Waals surface area contributed by atoms with Crippen molar-refractivity contribution in [1.29, 1.82) is 0 Å². The number of methoxy groups -OCH3 is 1. The van der Waals surface area contributed by atoms with Gasteiger partial charge in [0.1, 0.15) is 5.75 Å². The predicted molar refractivity (Wildman–Crippen MR) is 143 cm³/mol. The van der Waals surface area contributed by atoms with E-state index in [9.17, 15) is 14.4 Å². The number of para-hydroxylation sites is 2. The molecule has 200 valence electrons. The molecular formula is C26H31N7O5. The summed E-state index contributed by atoms with van der Waals surface area (Å²) in [7, 11) is 4.83. The SMILES string of the molecule is COc1ccccc1N1CCN(CCn2cnc3c2c(=O)n(C)c(=O)n3C)CC1.O=C(O)c1ccncc1. The van der Waals surface area contributed by atoms with Gasteiger partial charge in [0.2, 0.25) is 0 Å². The topological polar surface area (TPSA) is 128 Å². The van der Waals surface area contributed by atoms with Crippen molar-refractivity contribution in [2.45, 2.75) is 6.54 Å². The first-order chi connectivity index (χ1) is 18.3. The second-order valence-corrected chi connectivity index (χ2v) is 8.86. The minimum absolute atomic E-state index is 0.269. The Morgan fingerprint density at radius 3 is 2.29 bits per heavy atom. The number of nitrogens with zero attached hydrogens (tertiary/aromatic N) is 7. The van der Waals surface area contributed by atoms with Gasteiger partial charge in [-0.15, -0.1) is 0 Å². The fourth-order valence-corrected chi connectivity index (χ4v) is 4.41.